The van der Waals surface area contributed by atoms with Crippen LogP contribution in [0.3, 0.4) is 0 Å². The molecule has 3 aromatic rings. The van der Waals surface area contributed by atoms with Gasteiger partial charge in [-0.05, 0) is 24.6 Å². The molecule has 0 unspecified atom stereocenters. The number of benzene rings is 2. The molecule has 0 saturated carbocycles. The third kappa shape index (κ3) is 3.81. The van der Waals surface area contributed by atoms with Gasteiger partial charge in [-0.3, -0.25) is 0 Å². The molecule has 0 spiro atoms. The van der Waals surface area contributed by atoms with Gasteiger partial charge in [0.05, 0.1) is 4.99 Å². The summed E-state index contributed by atoms with van der Waals surface area (Å²) < 4.78 is 5.49. The number of carbonyl (C=O) groups excluding carboxylic acids is 1. The number of rotatable bonds is 5. The van der Waals surface area contributed by atoms with Crippen molar-refractivity contribution in [1.29, 1.82) is 0 Å². The van der Waals surface area contributed by atoms with Gasteiger partial charge in [-0.25, -0.2) is 4.79 Å². The number of aromatic amines is 1. The number of H-pyrrole nitrogens is 1. The number of fused-ring (bicyclic) bond motifs is 1. The molecule has 0 fully saturated rings. The van der Waals surface area contributed by atoms with Crippen molar-refractivity contribution in [3.63, 3.8) is 0 Å². The Bertz CT molecular complexity index is 858. The van der Waals surface area contributed by atoms with Gasteiger partial charge in [-0.2, -0.15) is 0 Å². The quantitative estimate of drug-likeness (QED) is 0.551. The Kier molecular flexibility index (Phi) is 4.91. The Morgan fingerprint density at radius 1 is 1.17 bits per heavy atom. The molecule has 5 heteroatoms. The van der Waals surface area contributed by atoms with Crippen molar-refractivity contribution >= 4 is 34.1 Å². The molecule has 0 aliphatic heterocycles. The van der Waals surface area contributed by atoms with E-state index < -0.39 is 6.04 Å². The van der Waals surface area contributed by atoms with Crippen molar-refractivity contribution < 1.29 is 9.53 Å². The van der Waals surface area contributed by atoms with Crippen LogP contribution < -0.4 is 10.1 Å². The van der Waals surface area contributed by atoms with E-state index in [1.807, 2.05) is 54.6 Å². The Labute approximate surface area is 145 Å². The van der Waals surface area contributed by atoms with Crippen LogP contribution >= 0.6 is 12.2 Å². The molecule has 2 aromatic carbocycles. The molecule has 24 heavy (non-hydrogen) atoms. The number of thiocarbonyl (C=S) groups is 1. The first kappa shape index (κ1) is 16.2. The van der Waals surface area contributed by atoms with Crippen LogP contribution in [0.25, 0.3) is 10.9 Å². The molecule has 1 aromatic heterocycles. The minimum absolute atomic E-state index is 0.366. The van der Waals surface area contributed by atoms with Gasteiger partial charge in [0.1, 0.15) is 6.04 Å². The van der Waals surface area contributed by atoms with Gasteiger partial charge in [0.2, 0.25) is 0 Å². The largest absolute Gasteiger partial charge is 0.423 e. The molecule has 4 nitrogen and oxygen atoms in total. The zero-order valence-corrected chi connectivity index (χ0v) is 14.1. The lowest BCUT2D eigenvalue weighted by atomic mass is 10.1. The molecule has 0 aliphatic rings. The summed E-state index contributed by atoms with van der Waals surface area (Å²) in [6, 6.07) is 17.1. The van der Waals surface area contributed by atoms with E-state index in [0.717, 1.165) is 16.5 Å². The van der Waals surface area contributed by atoms with Gasteiger partial charge < -0.3 is 15.0 Å². The van der Waals surface area contributed by atoms with Crippen LogP contribution in [-0.4, -0.2) is 22.0 Å². The highest BCUT2D eigenvalue weighted by Gasteiger charge is 2.18. The molecule has 3 rings (SSSR count). The lowest BCUT2D eigenvalue weighted by Gasteiger charge is -2.14. The van der Waals surface area contributed by atoms with Crippen molar-refractivity contribution in [2.75, 3.05) is 0 Å². The summed E-state index contributed by atoms with van der Waals surface area (Å²) >= 11 is 5.33. The summed E-state index contributed by atoms with van der Waals surface area (Å²) in [5.41, 5.74) is 2.03. The standard InChI is InChI=1S/C19H18N2O2S/c1-13(21-18(24)11-14-7-3-2-4-8-14)19(22)23-17-12-20-16-10-6-5-9-15(16)17/h2-10,12-13,20H,11H2,1H3,(H,21,24)/t13-/m0/s1. The third-order valence-corrected chi connectivity index (χ3v) is 3.96. The van der Waals surface area contributed by atoms with E-state index in [4.69, 9.17) is 17.0 Å². The van der Waals surface area contributed by atoms with Gasteiger partial charge in [-0.1, -0.05) is 54.7 Å². The van der Waals surface area contributed by atoms with E-state index in [9.17, 15) is 4.79 Å². The maximum absolute atomic E-state index is 12.3. The lowest BCUT2D eigenvalue weighted by molar-refractivity contribution is -0.135. The van der Waals surface area contributed by atoms with E-state index in [-0.39, 0.29) is 5.97 Å². The smallest absolute Gasteiger partial charge is 0.333 e. The van der Waals surface area contributed by atoms with E-state index in [1.54, 1.807) is 13.1 Å². The van der Waals surface area contributed by atoms with Crippen LogP contribution in [0.1, 0.15) is 12.5 Å². The number of nitrogens with one attached hydrogen (secondary N) is 2. The van der Waals surface area contributed by atoms with Crippen LogP contribution in [0.2, 0.25) is 0 Å². The Hall–Kier alpha value is -2.66. The molecule has 0 amide bonds. The fourth-order valence-corrected chi connectivity index (χ4v) is 2.80. The Morgan fingerprint density at radius 2 is 1.88 bits per heavy atom. The highest BCUT2D eigenvalue weighted by Crippen LogP contribution is 2.25. The second-order valence-electron chi connectivity index (χ2n) is 5.57. The Balaban J connectivity index is 1.59. The first-order valence-electron chi connectivity index (χ1n) is 7.74. The fourth-order valence-electron chi connectivity index (χ4n) is 2.46. The summed E-state index contributed by atoms with van der Waals surface area (Å²) in [4.78, 5) is 16.0. The summed E-state index contributed by atoms with van der Waals surface area (Å²) in [6.45, 7) is 1.74. The van der Waals surface area contributed by atoms with Crippen LogP contribution in [0.15, 0.2) is 60.8 Å². The van der Waals surface area contributed by atoms with Crippen molar-refractivity contribution in [2.45, 2.75) is 19.4 Å². The van der Waals surface area contributed by atoms with Crippen LogP contribution in [0, 0.1) is 0 Å². The third-order valence-electron chi connectivity index (χ3n) is 3.70. The number of carbonyl (C=O) groups is 1. The molecule has 122 valence electrons. The second-order valence-corrected chi connectivity index (χ2v) is 6.06. The molecule has 0 saturated heterocycles. The van der Waals surface area contributed by atoms with Gasteiger partial charge in [0.15, 0.2) is 5.75 Å². The number of hydrogen-bond donors (Lipinski definition) is 2. The van der Waals surface area contributed by atoms with Crippen LogP contribution in [-0.2, 0) is 11.2 Å². The minimum atomic E-state index is -0.519. The SMILES string of the molecule is C[C@H](NC(=S)Cc1ccccc1)C(=O)Oc1c[nH]c2ccccc12. The van der Waals surface area contributed by atoms with Crippen LogP contribution in [0.4, 0.5) is 0 Å². The molecule has 0 bridgehead atoms. The molecule has 1 atom stereocenters. The van der Waals surface area contributed by atoms with E-state index in [1.165, 1.54) is 0 Å². The van der Waals surface area contributed by atoms with E-state index in [0.29, 0.717) is 17.2 Å². The average Bonchev–Trinajstić information content (AvgIpc) is 2.99. The first-order chi connectivity index (χ1) is 11.6. The number of para-hydroxylation sites is 1. The topological polar surface area (TPSA) is 54.1 Å². The predicted octanol–water partition coefficient (Wildman–Crippen LogP) is 3.62. The highest BCUT2D eigenvalue weighted by molar-refractivity contribution is 7.80. The van der Waals surface area contributed by atoms with Crippen LogP contribution in [0.5, 0.6) is 5.75 Å². The molecular weight excluding hydrogens is 320 g/mol. The second kappa shape index (κ2) is 7.27. The highest BCUT2D eigenvalue weighted by atomic mass is 32.1. The average molecular weight is 338 g/mol. The van der Waals surface area contributed by atoms with Gasteiger partial charge in [0.25, 0.3) is 0 Å². The van der Waals surface area contributed by atoms with Crippen molar-refractivity contribution in [3.8, 4) is 5.75 Å². The number of ether oxygens (including phenoxy) is 1. The number of hydrogen-bond acceptors (Lipinski definition) is 3. The molecule has 0 aliphatic carbocycles. The molecule has 0 radical (unpaired) electrons. The number of aromatic nitrogens is 1. The first-order valence-corrected chi connectivity index (χ1v) is 8.15. The summed E-state index contributed by atoms with van der Waals surface area (Å²) in [5.74, 6) is 0.161. The van der Waals surface area contributed by atoms with Crippen molar-refractivity contribution in [1.82, 2.24) is 10.3 Å². The zero-order valence-electron chi connectivity index (χ0n) is 13.3. The van der Waals surface area contributed by atoms with Crippen molar-refractivity contribution in [3.05, 3.63) is 66.4 Å². The van der Waals surface area contributed by atoms with Gasteiger partial charge in [-0.15, -0.1) is 0 Å². The summed E-state index contributed by atoms with van der Waals surface area (Å²) in [6.07, 6.45) is 2.29. The molecular formula is C19H18N2O2S. The van der Waals surface area contributed by atoms with Gasteiger partial charge in [0, 0.05) is 23.5 Å². The van der Waals surface area contributed by atoms with E-state index >= 15 is 0 Å². The molecule has 1 heterocycles. The molecule has 2 N–H and O–H groups in total. The lowest BCUT2D eigenvalue weighted by Crippen LogP contribution is -2.40. The monoisotopic (exact) mass is 338 g/mol. The van der Waals surface area contributed by atoms with Crippen molar-refractivity contribution in [2.24, 2.45) is 0 Å². The zero-order chi connectivity index (χ0) is 16.9. The Morgan fingerprint density at radius 3 is 2.67 bits per heavy atom. The normalized spacial score (nSPS) is 11.9. The fraction of sp³-hybridized carbons (Fsp3) is 0.158. The number of esters is 1. The maximum Gasteiger partial charge on any atom is 0.333 e. The summed E-state index contributed by atoms with van der Waals surface area (Å²) in [7, 11) is 0. The summed E-state index contributed by atoms with van der Waals surface area (Å²) in [5, 5.41) is 3.91. The minimum Gasteiger partial charge on any atom is -0.423 e. The predicted molar refractivity (Wildman–Crippen MR) is 99.3 cm³/mol. The van der Waals surface area contributed by atoms with Gasteiger partial charge >= 0.3 is 5.97 Å². The maximum atomic E-state index is 12.3. The van der Waals surface area contributed by atoms with E-state index in [2.05, 4.69) is 10.3 Å².